The van der Waals surface area contributed by atoms with Gasteiger partial charge in [-0.25, -0.2) is 0 Å². The van der Waals surface area contributed by atoms with Crippen molar-refractivity contribution in [2.24, 2.45) is 0 Å². The van der Waals surface area contributed by atoms with Gasteiger partial charge >= 0.3 is 0 Å². The summed E-state index contributed by atoms with van der Waals surface area (Å²) in [5.41, 5.74) is 1.31. The Bertz CT molecular complexity index is 88.2. The summed E-state index contributed by atoms with van der Waals surface area (Å²) in [6.07, 6.45) is 9.33. The first-order valence-electron chi connectivity index (χ1n) is 5.83. The number of rotatable bonds is 6. The van der Waals surface area contributed by atoms with E-state index in [2.05, 4.69) is 34.3 Å². The van der Waals surface area contributed by atoms with Crippen LogP contribution in [-0.4, -0.2) is 0 Å². The minimum atomic E-state index is 1.20. The van der Waals surface area contributed by atoms with Crippen LogP contribution in [0, 0.1) is 0 Å². The fourth-order valence-corrected chi connectivity index (χ4v) is 0.979. The highest BCUT2D eigenvalue weighted by Gasteiger charge is 1.81. The third-order valence-corrected chi connectivity index (χ3v) is 1.91. The van der Waals surface area contributed by atoms with Gasteiger partial charge in [0.15, 0.2) is 0 Å². The first-order chi connectivity index (χ1) is 6.18. The van der Waals surface area contributed by atoms with Crippen molar-refractivity contribution in [1.82, 2.24) is 0 Å². The van der Waals surface area contributed by atoms with E-state index < -0.39 is 0 Å². The second-order valence-electron chi connectivity index (χ2n) is 3.77. The molecule has 0 unspecified atom stereocenters. The molecule has 0 amide bonds. The summed E-state index contributed by atoms with van der Waals surface area (Å²) in [7, 11) is 0. The van der Waals surface area contributed by atoms with Crippen LogP contribution in [0.1, 0.15) is 72.6 Å². The summed E-state index contributed by atoms with van der Waals surface area (Å²) in [6, 6.07) is 0. The van der Waals surface area contributed by atoms with Crippen LogP contribution in [0.2, 0.25) is 0 Å². The second kappa shape index (κ2) is 14.3. The molecule has 0 aliphatic carbocycles. The Morgan fingerprint density at radius 2 is 1.23 bits per heavy atom. The van der Waals surface area contributed by atoms with Crippen molar-refractivity contribution in [2.45, 2.75) is 72.6 Å². The highest BCUT2D eigenvalue weighted by molar-refractivity contribution is 4.86. The Morgan fingerprint density at radius 1 is 0.846 bits per heavy atom. The van der Waals surface area contributed by atoms with Gasteiger partial charge in [-0.05, 0) is 19.8 Å². The predicted octanol–water partition coefficient (Wildman–Crippen LogP) is 5.34. The molecule has 0 aromatic carbocycles. The molecule has 0 atom stereocenters. The molecule has 0 saturated carbocycles. The molecule has 0 spiro atoms. The molecule has 0 saturated heterocycles. The first kappa shape index (κ1) is 15.2. The molecule has 80 valence electrons. The van der Waals surface area contributed by atoms with Crippen LogP contribution in [0.3, 0.4) is 0 Å². The Hall–Kier alpha value is -0.260. The van der Waals surface area contributed by atoms with E-state index in [0.717, 1.165) is 0 Å². The van der Waals surface area contributed by atoms with E-state index in [4.69, 9.17) is 0 Å². The predicted molar refractivity (Wildman–Crippen MR) is 64.2 cm³/mol. The van der Waals surface area contributed by atoms with Crippen LogP contribution in [0.25, 0.3) is 0 Å². The molecular formula is C13H28. The molecule has 0 rings (SSSR count). The van der Waals surface area contributed by atoms with Crippen molar-refractivity contribution in [3.05, 3.63) is 12.2 Å². The lowest BCUT2D eigenvalue weighted by Gasteiger charge is -1.91. The lowest BCUT2D eigenvalue weighted by molar-refractivity contribution is 0.702. The molecule has 0 heteroatoms. The van der Waals surface area contributed by atoms with Crippen LogP contribution < -0.4 is 0 Å². The van der Waals surface area contributed by atoms with E-state index in [1.807, 2.05) is 0 Å². The van der Waals surface area contributed by atoms with Crippen LogP contribution in [0.4, 0.5) is 0 Å². The Morgan fingerprint density at radius 3 is 1.38 bits per heavy atom. The molecule has 13 heavy (non-hydrogen) atoms. The lowest BCUT2D eigenvalue weighted by atomic mass is 10.2. The van der Waals surface area contributed by atoms with Gasteiger partial charge in [-0.15, -0.1) is 6.58 Å². The number of hydrogen-bond acceptors (Lipinski definition) is 0. The largest absolute Gasteiger partial charge is 0.100 e. The van der Waals surface area contributed by atoms with Gasteiger partial charge in [0.25, 0.3) is 0 Å². The molecule has 0 fully saturated rings. The third kappa shape index (κ3) is 24.5. The van der Waals surface area contributed by atoms with E-state index in [9.17, 15) is 0 Å². The summed E-state index contributed by atoms with van der Waals surface area (Å²) in [4.78, 5) is 0. The minimum Gasteiger partial charge on any atom is -0.100 e. The quantitative estimate of drug-likeness (QED) is 0.386. The number of unbranched alkanes of at least 4 members (excludes halogenated alkanes) is 4. The van der Waals surface area contributed by atoms with E-state index in [-0.39, 0.29) is 0 Å². The Labute approximate surface area is 85.4 Å². The number of allylic oxidation sites excluding steroid dienone is 1. The standard InChI is InChI=1S/C7H14.C6H14/c1-4-5-6-7(2)3;1-3-5-6-4-2/h2,4-6H2,1,3H3;3-6H2,1-2H3. The SMILES string of the molecule is C=C(C)CCCC.CCCCCC. The molecular weight excluding hydrogens is 156 g/mol. The van der Waals surface area contributed by atoms with E-state index >= 15 is 0 Å². The molecule has 0 aliphatic rings. The van der Waals surface area contributed by atoms with Crippen LogP contribution >= 0.6 is 0 Å². The summed E-state index contributed by atoms with van der Waals surface area (Å²) in [5.74, 6) is 0. The fourth-order valence-electron chi connectivity index (χ4n) is 0.979. The Kier molecular flexibility index (Phi) is 16.7. The van der Waals surface area contributed by atoms with Crippen LogP contribution in [-0.2, 0) is 0 Å². The minimum absolute atomic E-state index is 1.20. The first-order valence-corrected chi connectivity index (χ1v) is 5.83. The zero-order chi connectivity index (χ0) is 10.5. The maximum absolute atomic E-state index is 3.79. The highest BCUT2D eigenvalue weighted by Crippen LogP contribution is 2.01. The maximum Gasteiger partial charge on any atom is -0.0326 e. The molecule has 0 heterocycles. The van der Waals surface area contributed by atoms with Gasteiger partial charge in [0, 0.05) is 0 Å². The summed E-state index contributed by atoms with van der Waals surface area (Å²) >= 11 is 0. The van der Waals surface area contributed by atoms with Crippen LogP contribution in [0.15, 0.2) is 12.2 Å². The van der Waals surface area contributed by atoms with Gasteiger partial charge in [-0.1, -0.05) is 58.4 Å². The molecule has 0 aliphatic heterocycles. The van der Waals surface area contributed by atoms with Crippen molar-refractivity contribution in [3.8, 4) is 0 Å². The van der Waals surface area contributed by atoms with Gasteiger partial charge < -0.3 is 0 Å². The zero-order valence-electron chi connectivity index (χ0n) is 10.2. The van der Waals surface area contributed by atoms with Gasteiger partial charge in [-0.3, -0.25) is 0 Å². The van der Waals surface area contributed by atoms with Gasteiger partial charge in [0.1, 0.15) is 0 Å². The molecule has 0 aromatic rings. The molecule has 0 radical (unpaired) electrons. The molecule has 0 nitrogen and oxygen atoms in total. The topological polar surface area (TPSA) is 0 Å². The fraction of sp³-hybridized carbons (Fsp3) is 0.846. The van der Waals surface area contributed by atoms with Crippen molar-refractivity contribution >= 4 is 0 Å². The van der Waals surface area contributed by atoms with Crippen LogP contribution in [0.5, 0.6) is 0 Å². The summed E-state index contributed by atoms with van der Waals surface area (Å²) in [6.45, 7) is 12.5. The molecule has 0 aromatic heterocycles. The lowest BCUT2D eigenvalue weighted by Crippen LogP contribution is -1.71. The van der Waals surface area contributed by atoms with Crippen molar-refractivity contribution < 1.29 is 0 Å². The normalized spacial score (nSPS) is 8.92. The zero-order valence-corrected chi connectivity index (χ0v) is 10.2. The monoisotopic (exact) mass is 184 g/mol. The Balaban J connectivity index is 0. The molecule has 0 bridgehead atoms. The molecule has 0 N–H and O–H groups in total. The summed E-state index contributed by atoms with van der Waals surface area (Å²) < 4.78 is 0. The third-order valence-electron chi connectivity index (χ3n) is 1.91. The van der Waals surface area contributed by atoms with Crippen molar-refractivity contribution in [2.75, 3.05) is 0 Å². The second-order valence-corrected chi connectivity index (χ2v) is 3.77. The smallest absolute Gasteiger partial charge is 0.0326 e. The highest BCUT2D eigenvalue weighted by atomic mass is 13.9. The van der Waals surface area contributed by atoms with E-state index in [1.54, 1.807) is 0 Å². The maximum atomic E-state index is 3.79. The number of hydrogen-bond donors (Lipinski definition) is 0. The van der Waals surface area contributed by atoms with Crippen molar-refractivity contribution in [1.29, 1.82) is 0 Å². The van der Waals surface area contributed by atoms with Gasteiger partial charge in [-0.2, -0.15) is 0 Å². The van der Waals surface area contributed by atoms with Gasteiger partial charge in [0.2, 0.25) is 0 Å². The summed E-state index contributed by atoms with van der Waals surface area (Å²) in [5, 5.41) is 0. The van der Waals surface area contributed by atoms with Gasteiger partial charge in [0.05, 0.1) is 0 Å². The van der Waals surface area contributed by atoms with E-state index in [0.29, 0.717) is 0 Å². The van der Waals surface area contributed by atoms with E-state index in [1.165, 1.54) is 50.5 Å². The average Bonchev–Trinajstić information content (AvgIpc) is 2.12. The average molecular weight is 184 g/mol. The van der Waals surface area contributed by atoms with Crippen molar-refractivity contribution in [3.63, 3.8) is 0 Å².